The van der Waals surface area contributed by atoms with Gasteiger partial charge in [-0.1, -0.05) is 19.1 Å². The summed E-state index contributed by atoms with van der Waals surface area (Å²) in [7, 11) is 0. The number of nitrogen functional groups attached to an aromatic ring is 1. The summed E-state index contributed by atoms with van der Waals surface area (Å²) in [6.45, 7) is 6.35. The third-order valence-electron chi connectivity index (χ3n) is 3.06. The van der Waals surface area contributed by atoms with Gasteiger partial charge in [-0.15, -0.1) is 0 Å². The highest BCUT2D eigenvalue weighted by Gasteiger charge is 2.10. The molecule has 0 saturated carbocycles. The van der Waals surface area contributed by atoms with E-state index in [1.165, 1.54) is 0 Å². The van der Waals surface area contributed by atoms with Gasteiger partial charge in [0.2, 0.25) is 11.8 Å². The second-order valence-corrected chi connectivity index (χ2v) is 4.80. The quantitative estimate of drug-likeness (QED) is 0.793. The predicted molar refractivity (Wildman–Crippen MR) is 85.4 cm³/mol. The van der Waals surface area contributed by atoms with Crippen molar-refractivity contribution >= 4 is 11.6 Å². The molecule has 2 rings (SSSR count). The van der Waals surface area contributed by atoms with E-state index >= 15 is 0 Å². The average molecular weight is 286 g/mol. The van der Waals surface area contributed by atoms with Crippen molar-refractivity contribution in [3.8, 4) is 5.88 Å². The van der Waals surface area contributed by atoms with Crippen molar-refractivity contribution in [2.24, 2.45) is 0 Å². The summed E-state index contributed by atoms with van der Waals surface area (Å²) in [5.74, 6) is 1.29. The molecule has 5 heteroatoms. The van der Waals surface area contributed by atoms with Crippen molar-refractivity contribution in [1.82, 2.24) is 9.97 Å². The Morgan fingerprint density at radius 2 is 2.10 bits per heavy atom. The topological polar surface area (TPSA) is 64.3 Å². The van der Waals surface area contributed by atoms with Crippen molar-refractivity contribution in [2.45, 2.75) is 26.8 Å². The first-order valence-electron chi connectivity index (χ1n) is 7.28. The number of hydrogen-bond acceptors (Lipinski definition) is 5. The monoisotopic (exact) mass is 286 g/mol. The summed E-state index contributed by atoms with van der Waals surface area (Å²) in [4.78, 5) is 10.9. The maximum atomic E-state index is 5.82. The number of anilines is 2. The zero-order valence-corrected chi connectivity index (χ0v) is 12.6. The lowest BCUT2D eigenvalue weighted by Crippen LogP contribution is -2.24. The van der Waals surface area contributed by atoms with Crippen molar-refractivity contribution in [3.05, 3.63) is 42.1 Å². The van der Waals surface area contributed by atoms with Gasteiger partial charge in [-0.3, -0.25) is 0 Å². The minimum atomic E-state index is 0.618. The fourth-order valence-corrected chi connectivity index (χ4v) is 2.01. The van der Waals surface area contributed by atoms with Gasteiger partial charge < -0.3 is 15.4 Å². The molecule has 112 valence electrons. The van der Waals surface area contributed by atoms with Gasteiger partial charge >= 0.3 is 0 Å². The molecule has 2 aromatic rings. The fraction of sp³-hybridized carbons (Fsp3) is 0.375. The van der Waals surface area contributed by atoms with Gasteiger partial charge in [0.15, 0.2) is 0 Å². The van der Waals surface area contributed by atoms with Crippen LogP contribution in [0.1, 0.15) is 25.8 Å². The van der Waals surface area contributed by atoms with Gasteiger partial charge in [0.25, 0.3) is 0 Å². The molecule has 0 aliphatic rings. The normalized spacial score (nSPS) is 10.4. The van der Waals surface area contributed by atoms with Crippen LogP contribution < -0.4 is 15.4 Å². The van der Waals surface area contributed by atoms with Crippen LogP contribution in [0.4, 0.5) is 11.6 Å². The SMILES string of the molecule is CCCOc1ccnc(N(CC)Cc2cccc(N)c2)n1. The molecular weight excluding hydrogens is 264 g/mol. The van der Waals surface area contributed by atoms with E-state index in [9.17, 15) is 0 Å². The highest BCUT2D eigenvalue weighted by Crippen LogP contribution is 2.16. The van der Waals surface area contributed by atoms with Crippen LogP contribution in [0.5, 0.6) is 5.88 Å². The second-order valence-electron chi connectivity index (χ2n) is 4.80. The average Bonchev–Trinajstić information content (AvgIpc) is 2.51. The number of nitrogens with two attached hydrogens (primary N) is 1. The lowest BCUT2D eigenvalue weighted by molar-refractivity contribution is 0.304. The summed E-state index contributed by atoms with van der Waals surface area (Å²) in [6, 6.07) is 9.65. The lowest BCUT2D eigenvalue weighted by Gasteiger charge is -2.21. The Kier molecular flexibility index (Phi) is 5.37. The largest absolute Gasteiger partial charge is 0.478 e. The molecule has 1 heterocycles. The van der Waals surface area contributed by atoms with Crippen molar-refractivity contribution in [1.29, 1.82) is 0 Å². The van der Waals surface area contributed by atoms with Crippen LogP contribution >= 0.6 is 0 Å². The predicted octanol–water partition coefficient (Wildman–Crippen LogP) is 2.87. The molecule has 5 nitrogen and oxygen atoms in total. The van der Waals surface area contributed by atoms with E-state index in [0.717, 1.165) is 30.8 Å². The molecular formula is C16H22N4O. The number of aromatic nitrogens is 2. The summed E-state index contributed by atoms with van der Waals surface area (Å²) >= 11 is 0. The van der Waals surface area contributed by atoms with E-state index < -0.39 is 0 Å². The third-order valence-corrected chi connectivity index (χ3v) is 3.06. The number of hydrogen-bond donors (Lipinski definition) is 1. The number of benzene rings is 1. The number of nitrogens with zero attached hydrogens (tertiary/aromatic N) is 3. The summed E-state index contributed by atoms with van der Waals surface area (Å²) in [5, 5.41) is 0. The third kappa shape index (κ3) is 4.34. The van der Waals surface area contributed by atoms with E-state index in [0.29, 0.717) is 18.4 Å². The first-order valence-corrected chi connectivity index (χ1v) is 7.28. The molecule has 0 atom stereocenters. The van der Waals surface area contributed by atoms with E-state index in [2.05, 4.69) is 34.8 Å². The van der Waals surface area contributed by atoms with Crippen LogP contribution in [0.15, 0.2) is 36.5 Å². The molecule has 0 bridgehead atoms. The molecule has 1 aromatic carbocycles. The van der Waals surface area contributed by atoms with Crippen LogP contribution in [0.3, 0.4) is 0 Å². The molecule has 0 spiro atoms. The van der Waals surface area contributed by atoms with E-state index in [-0.39, 0.29) is 0 Å². The molecule has 0 unspecified atom stereocenters. The minimum Gasteiger partial charge on any atom is -0.478 e. The van der Waals surface area contributed by atoms with Gasteiger partial charge in [0.05, 0.1) is 6.61 Å². The van der Waals surface area contributed by atoms with E-state index in [1.807, 2.05) is 18.2 Å². The Morgan fingerprint density at radius 3 is 2.81 bits per heavy atom. The van der Waals surface area contributed by atoms with Crippen molar-refractivity contribution in [2.75, 3.05) is 23.8 Å². The zero-order chi connectivity index (χ0) is 15.1. The minimum absolute atomic E-state index is 0.618. The van der Waals surface area contributed by atoms with Gasteiger partial charge in [-0.25, -0.2) is 4.98 Å². The van der Waals surface area contributed by atoms with Gasteiger partial charge in [0.1, 0.15) is 0 Å². The van der Waals surface area contributed by atoms with Crippen molar-refractivity contribution < 1.29 is 4.74 Å². The Hall–Kier alpha value is -2.30. The van der Waals surface area contributed by atoms with Crippen LogP contribution in [0.2, 0.25) is 0 Å². The molecule has 2 N–H and O–H groups in total. The van der Waals surface area contributed by atoms with Crippen LogP contribution in [-0.4, -0.2) is 23.1 Å². The molecule has 21 heavy (non-hydrogen) atoms. The van der Waals surface area contributed by atoms with Crippen LogP contribution in [0.25, 0.3) is 0 Å². The standard InChI is InChI=1S/C16H22N4O/c1-3-10-21-15-8-9-18-16(19-15)20(4-2)12-13-6-5-7-14(17)11-13/h5-9,11H,3-4,10,12,17H2,1-2H3. The maximum Gasteiger partial charge on any atom is 0.228 e. The van der Waals surface area contributed by atoms with E-state index in [1.54, 1.807) is 12.3 Å². The van der Waals surface area contributed by atoms with Gasteiger partial charge in [-0.05, 0) is 31.0 Å². The number of rotatable bonds is 7. The highest BCUT2D eigenvalue weighted by atomic mass is 16.5. The summed E-state index contributed by atoms with van der Waals surface area (Å²) in [6.07, 6.45) is 2.69. The molecule has 0 aliphatic heterocycles. The van der Waals surface area contributed by atoms with Crippen LogP contribution in [-0.2, 0) is 6.54 Å². The molecule has 0 amide bonds. The van der Waals surface area contributed by atoms with Crippen molar-refractivity contribution in [3.63, 3.8) is 0 Å². The van der Waals surface area contributed by atoms with E-state index in [4.69, 9.17) is 10.5 Å². The summed E-state index contributed by atoms with van der Waals surface area (Å²) in [5.41, 5.74) is 7.73. The van der Waals surface area contributed by atoms with Gasteiger partial charge in [0, 0.05) is 31.0 Å². The maximum absolute atomic E-state index is 5.82. The molecule has 0 aliphatic carbocycles. The zero-order valence-electron chi connectivity index (χ0n) is 12.6. The Bertz CT molecular complexity index is 574. The summed E-state index contributed by atoms with van der Waals surface area (Å²) < 4.78 is 5.56. The first kappa shape index (κ1) is 15.1. The molecule has 0 saturated heterocycles. The van der Waals surface area contributed by atoms with Gasteiger partial charge in [-0.2, -0.15) is 4.98 Å². The molecule has 0 fully saturated rings. The smallest absolute Gasteiger partial charge is 0.228 e. The molecule has 1 aromatic heterocycles. The Balaban J connectivity index is 2.13. The first-order chi connectivity index (χ1) is 10.2. The Morgan fingerprint density at radius 1 is 1.24 bits per heavy atom. The fourth-order valence-electron chi connectivity index (χ4n) is 2.01. The lowest BCUT2D eigenvalue weighted by atomic mass is 10.2. The number of ether oxygens (including phenoxy) is 1. The molecule has 0 radical (unpaired) electrons. The second kappa shape index (κ2) is 7.47. The Labute approximate surface area is 125 Å². The van der Waals surface area contributed by atoms with Crippen LogP contribution in [0, 0.1) is 0 Å². The highest BCUT2D eigenvalue weighted by molar-refractivity contribution is 5.42.